The van der Waals surface area contributed by atoms with Crippen LogP contribution in [0, 0.1) is 5.92 Å². The number of rotatable bonds is 6. The lowest BCUT2D eigenvalue weighted by molar-refractivity contribution is 0.548. The number of thioether (sulfide) groups is 1. The molecule has 2 aromatic rings. The molecule has 1 aliphatic heterocycles. The van der Waals surface area contributed by atoms with Crippen LogP contribution in [0.4, 0.5) is 0 Å². The Hall–Kier alpha value is -1.26. The zero-order valence-corrected chi connectivity index (χ0v) is 13.6. The molecular formula is C17H23N3S. The van der Waals surface area contributed by atoms with E-state index in [1.165, 1.54) is 16.9 Å². The first-order valence-corrected chi connectivity index (χ1v) is 8.54. The molecule has 0 saturated heterocycles. The van der Waals surface area contributed by atoms with Gasteiger partial charge in [-0.15, -0.1) is 11.8 Å². The molecule has 4 heteroatoms. The molecule has 3 rings (SSSR count). The molecule has 1 aliphatic rings. The first-order chi connectivity index (χ1) is 10.2. The van der Waals surface area contributed by atoms with E-state index in [1.54, 1.807) is 0 Å². The fraction of sp³-hybridized carbons (Fsp3) is 0.471. The van der Waals surface area contributed by atoms with E-state index in [4.69, 9.17) is 0 Å². The highest BCUT2D eigenvalue weighted by Crippen LogP contribution is 2.37. The minimum absolute atomic E-state index is 0.632. The Balaban J connectivity index is 1.52. The molecule has 2 heterocycles. The van der Waals surface area contributed by atoms with Gasteiger partial charge < -0.3 is 9.88 Å². The van der Waals surface area contributed by atoms with Gasteiger partial charge in [0.15, 0.2) is 0 Å². The van der Waals surface area contributed by atoms with Gasteiger partial charge in [-0.2, -0.15) is 0 Å². The molecule has 1 aromatic carbocycles. The van der Waals surface area contributed by atoms with Crippen molar-refractivity contribution < 1.29 is 0 Å². The van der Waals surface area contributed by atoms with Crippen LogP contribution in [-0.4, -0.2) is 21.3 Å². The quantitative estimate of drug-likeness (QED) is 0.887. The maximum Gasteiger partial charge on any atom is 0.0950 e. The zero-order chi connectivity index (χ0) is 14.7. The van der Waals surface area contributed by atoms with Gasteiger partial charge in [-0.3, -0.25) is 0 Å². The zero-order valence-electron chi connectivity index (χ0n) is 12.7. The highest BCUT2D eigenvalue weighted by Gasteiger charge is 2.21. The summed E-state index contributed by atoms with van der Waals surface area (Å²) in [7, 11) is 0. The van der Waals surface area contributed by atoms with Crippen LogP contribution in [0.2, 0.25) is 0 Å². The van der Waals surface area contributed by atoms with Gasteiger partial charge in [0, 0.05) is 29.4 Å². The highest BCUT2D eigenvalue weighted by atomic mass is 32.2. The Bertz CT molecular complexity index is 566. The normalized spacial score (nSPS) is 17.4. The summed E-state index contributed by atoms with van der Waals surface area (Å²) >= 11 is 2.00. The number of imidazole rings is 1. The largest absolute Gasteiger partial charge is 0.336 e. The number of hydrogen-bond donors (Lipinski definition) is 1. The van der Waals surface area contributed by atoms with Crippen molar-refractivity contribution in [2.45, 2.75) is 43.5 Å². The van der Waals surface area contributed by atoms with E-state index in [-0.39, 0.29) is 0 Å². The summed E-state index contributed by atoms with van der Waals surface area (Å²) in [6.45, 7) is 7.39. The molecule has 21 heavy (non-hydrogen) atoms. The van der Waals surface area contributed by atoms with Crippen molar-refractivity contribution in [1.82, 2.24) is 14.9 Å². The van der Waals surface area contributed by atoms with Gasteiger partial charge in [-0.05, 0) is 30.5 Å². The van der Waals surface area contributed by atoms with Crippen molar-refractivity contribution in [1.29, 1.82) is 0 Å². The molecule has 0 amide bonds. The minimum atomic E-state index is 0.632. The number of fused-ring (bicyclic) bond motifs is 1. The molecule has 0 spiro atoms. The summed E-state index contributed by atoms with van der Waals surface area (Å²) in [6, 6.07) is 8.74. The number of nitrogens with zero attached hydrogens (tertiary/aromatic N) is 2. The molecule has 1 aromatic heterocycles. The van der Waals surface area contributed by atoms with E-state index in [1.807, 2.05) is 18.1 Å². The van der Waals surface area contributed by atoms with Crippen LogP contribution in [0.1, 0.15) is 25.1 Å². The fourth-order valence-electron chi connectivity index (χ4n) is 2.68. The number of nitrogens with one attached hydrogen (secondary N) is 1. The number of benzene rings is 1. The van der Waals surface area contributed by atoms with Crippen molar-refractivity contribution in [2.75, 3.05) is 6.54 Å². The van der Waals surface area contributed by atoms with Crippen molar-refractivity contribution in [2.24, 2.45) is 5.92 Å². The van der Waals surface area contributed by atoms with Gasteiger partial charge in [-0.1, -0.05) is 32.0 Å². The Kier molecular flexibility index (Phi) is 4.66. The third-order valence-corrected chi connectivity index (χ3v) is 4.97. The van der Waals surface area contributed by atoms with Crippen molar-refractivity contribution >= 4 is 11.8 Å². The topological polar surface area (TPSA) is 29.9 Å². The van der Waals surface area contributed by atoms with Gasteiger partial charge in [-0.25, -0.2) is 4.98 Å². The highest BCUT2D eigenvalue weighted by molar-refractivity contribution is 8.00. The second kappa shape index (κ2) is 6.67. The summed E-state index contributed by atoms with van der Waals surface area (Å²) in [5.74, 6) is 0.681. The molecule has 1 unspecified atom stereocenters. The molecule has 1 atom stereocenters. The van der Waals surface area contributed by atoms with Gasteiger partial charge in [0.05, 0.1) is 12.0 Å². The smallest absolute Gasteiger partial charge is 0.0950 e. The second-order valence-electron chi connectivity index (χ2n) is 6.14. The standard InChI is InChI=1S/C17H23N3S/c1-13(2)8-18-9-15-10-20(12-19-15)11-16-7-14-5-3-4-6-17(14)21-16/h3-6,10,12-13,16,18H,7-9,11H2,1-2H3. The van der Waals surface area contributed by atoms with Crippen molar-refractivity contribution in [3.8, 4) is 0 Å². The first kappa shape index (κ1) is 14.7. The van der Waals surface area contributed by atoms with Crippen molar-refractivity contribution in [3.63, 3.8) is 0 Å². The first-order valence-electron chi connectivity index (χ1n) is 7.66. The summed E-state index contributed by atoms with van der Waals surface area (Å²) in [4.78, 5) is 5.94. The van der Waals surface area contributed by atoms with Gasteiger partial charge in [0.25, 0.3) is 0 Å². The van der Waals surface area contributed by atoms with Crippen LogP contribution >= 0.6 is 11.8 Å². The Morgan fingerprint density at radius 3 is 3.05 bits per heavy atom. The Morgan fingerprint density at radius 1 is 1.38 bits per heavy atom. The van der Waals surface area contributed by atoms with Crippen LogP contribution in [0.15, 0.2) is 41.7 Å². The molecule has 1 N–H and O–H groups in total. The van der Waals surface area contributed by atoms with Gasteiger partial charge in [0.2, 0.25) is 0 Å². The molecule has 0 radical (unpaired) electrons. The summed E-state index contributed by atoms with van der Waals surface area (Å²) in [5.41, 5.74) is 2.63. The summed E-state index contributed by atoms with van der Waals surface area (Å²) in [5, 5.41) is 4.07. The molecule has 0 bridgehead atoms. The van der Waals surface area contributed by atoms with E-state index in [0.29, 0.717) is 11.2 Å². The van der Waals surface area contributed by atoms with E-state index in [9.17, 15) is 0 Å². The maximum absolute atomic E-state index is 4.50. The Labute approximate surface area is 131 Å². The Morgan fingerprint density at radius 2 is 2.24 bits per heavy atom. The average Bonchev–Trinajstić information content (AvgIpc) is 3.04. The van der Waals surface area contributed by atoms with Gasteiger partial charge >= 0.3 is 0 Å². The predicted molar refractivity (Wildman–Crippen MR) is 88.6 cm³/mol. The van der Waals surface area contributed by atoms with Gasteiger partial charge in [0.1, 0.15) is 0 Å². The van der Waals surface area contributed by atoms with Crippen LogP contribution in [0.5, 0.6) is 0 Å². The van der Waals surface area contributed by atoms with Crippen LogP contribution in [-0.2, 0) is 19.5 Å². The lowest BCUT2D eigenvalue weighted by Crippen LogP contribution is -2.19. The third kappa shape index (κ3) is 3.89. The lowest BCUT2D eigenvalue weighted by atomic mass is 10.1. The molecule has 0 aliphatic carbocycles. The van der Waals surface area contributed by atoms with Crippen LogP contribution < -0.4 is 5.32 Å². The van der Waals surface area contributed by atoms with E-state index in [2.05, 4.69) is 59.2 Å². The fourth-order valence-corrected chi connectivity index (χ4v) is 4.01. The maximum atomic E-state index is 4.50. The van der Waals surface area contributed by atoms with E-state index >= 15 is 0 Å². The molecule has 112 valence electrons. The van der Waals surface area contributed by atoms with Crippen LogP contribution in [0.25, 0.3) is 0 Å². The lowest BCUT2D eigenvalue weighted by Gasteiger charge is -2.08. The third-order valence-electron chi connectivity index (χ3n) is 3.67. The molecule has 0 fully saturated rings. The summed E-state index contributed by atoms with van der Waals surface area (Å²) < 4.78 is 2.23. The van der Waals surface area contributed by atoms with Crippen LogP contribution in [0.3, 0.4) is 0 Å². The predicted octanol–water partition coefficient (Wildman–Crippen LogP) is 3.35. The van der Waals surface area contributed by atoms with E-state index in [0.717, 1.165) is 25.3 Å². The number of aromatic nitrogens is 2. The van der Waals surface area contributed by atoms with Crippen molar-refractivity contribution in [3.05, 3.63) is 48.0 Å². The SMILES string of the molecule is CC(C)CNCc1cn(CC2Cc3ccccc3S2)cn1. The molecular weight excluding hydrogens is 278 g/mol. The summed E-state index contributed by atoms with van der Waals surface area (Å²) in [6.07, 6.45) is 5.31. The minimum Gasteiger partial charge on any atom is -0.336 e. The van der Waals surface area contributed by atoms with E-state index < -0.39 is 0 Å². The monoisotopic (exact) mass is 301 g/mol. The molecule has 0 saturated carbocycles. The molecule has 3 nitrogen and oxygen atoms in total. The second-order valence-corrected chi connectivity index (χ2v) is 7.48. The average molecular weight is 301 g/mol. The number of hydrogen-bond acceptors (Lipinski definition) is 3.